The number of aromatic nitrogens is 2. The van der Waals surface area contributed by atoms with Gasteiger partial charge >= 0.3 is 0 Å². The normalized spacial score (nSPS) is 14.3. The number of likely N-dealkylation sites (tertiary alicyclic amines) is 1. The number of benzene rings is 2. The van der Waals surface area contributed by atoms with Gasteiger partial charge in [0.1, 0.15) is 12.4 Å². The molecule has 0 aliphatic carbocycles. The Morgan fingerprint density at radius 2 is 1.88 bits per heavy atom. The highest BCUT2D eigenvalue weighted by atomic mass is 16.5. The largest absolute Gasteiger partial charge is 0.492 e. The maximum absolute atomic E-state index is 8.97. The van der Waals surface area contributed by atoms with Crippen LogP contribution in [0, 0.1) is 11.3 Å². The Hall–Kier alpha value is -3.69. The van der Waals surface area contributed by atoms with Gasteiger partial charge in [-0.05, 0) is 66.9 Å². The Morgan fingerprint density at radius 3 is 2.59 bits per heavy atom. The number of H-pyrrole nitrogens is 1. The number of hydrogen-bond acceptors (Lipinski definition) is 5. The van der Waals surface area contributed by atoms with E-state index in [4.69, 9.17) is 10.00 Å². The minimum Gasteiger partial charge on any atom is -0.492 e. The van der Waals surface area contributed by atoms with Gasteiger partial charge in [0.15, 0.2) is 5.82 Å². The standard InChI is InChI=1S/C26H27N5O/c1-20(18-28-26-25(19-29-30-26)23-7-5-21(17-27)6-8-23)22-9-11-24(12-10-22)32-16-15-31-13-3-2-4-14-31/h5-12,18-19H,1-4,13-16H2,(H,29,30)/b28-18-. The average molecular weight is 426 g/mol. The van der Waals surface area contributed by atoms with Gasteiger partial charge in [0.2, 0.25) is 0 Å². The first kappa shape index (κ1) is 21.5. The van der Waals surface area contributed by atoms with E-state index in [1.54, 1.807) is 24.5 Å². The molecule has 0 radical (unpaired) electrons. The fraction of sp³-hybridized carbons (Fsp3) is 0.269. The molecule has 1 fully saturated rings. The van der Waals surface area contributed by atoms with Crippen molar-refractivity contribution in [2.75, 3.05) is 26.2 Å². The zero-order valence-corrected chi connectivity index (χ0v) is 18.1. The Balaban J connectivity index is 1.34. The van der Waals surface area contributed by atoms with Crippen LogP contribution in [0.25, 0.3) is 16.7 Å². The van der Waals surface area contributed by atoms with E-state index in [0.29, 0.717) is 18.0 Å². The molecule has 2 aromatic carbocycles. The van der Waals surface area contributed by atoms with Crippen LogP contribution in [-0.4, -0.2) is 47.6 Å². The van der Waals surface area contributed by atoms with Crippen LogP contribution in [0.15, 0.2) is 66.3 Å². The fourth-order valence-corrected chi connectivity index (χ4v) is 3.77. The highest BCUT2D eigenvalue weighted by molar-refractivity contribution is 6.09. The number of aliphatic imine (C=N–C) groups is 1. The molecule has 6 nitrogen and oxygen atoms in total. The predicted octanol–water partition coefficient (Wildman–Crippen LogP) is 5.23. The first-order chi connectivity index (χ1) is 15.7. The van der Waals surface area contributed by atoms with Crippen LogP contribution in [0.3, 0.4) is 0 Å². The molecule has 0 unspecified atom stereocenters. The second-order valence-electron chi connectivity index (χ2n) is 7.88. The number of nitrogens with zero attached hydrogens (tertiary/aromatic N) is 4. The Labute approximate surface area is 188 Å². The van der Waals surface area contributed by atoms with Crippen LogP contribution >= 0.6 is 0 Å². The third kappa shape index (κ3) is 5.51. The van der Waals surface area contributed by atoms with Crippen molar-refractivity contribution in [3.63, 3.8) is 0 Å². The van der Waals surface area contributed by atoms with Crippen molar-refractivity contribution in [2.24, 2.45) is 4.99 Å². The number of ether oxygens (including phenoxy) is 1. The molecule has 1 N–H and O–H groups in total. The molecular weight excluding hydrogens is 398 g/mol. The molecular formula is C26H27N5O. The molecule has 0 bridgehead atoms. The number of allylic oxidation sites excluding steroid dienone is 1. The van der Waals surface area contributed by atoms with Gasteiger partial charge in [-0.1, -0.05) is 37.3 Å². The SMILES string of the molecule is C=C(/C=N\c1[nH]ncc1-c1ccc(C#N)cc1)c1ccc(OCCN2CCCCC2)cc1. The van der Waals surface area contributed by atoms with E-state index in [0.717, 1.165) is 34.6 Å². The van der Waals surface area contributed by atoms with Crippen LogP contribution in [0.1, 0.15) is 30.4 Å². The molecule has 4 rings (SSSR count). The monoisotopic (exact) mass is 425 g/mol. The second-order valence-corrected chi connectivity index (χ2v) is 7.88. The molecule has 162 valence electrons. The minimum absolute atomic E-state index is 0.620. The summed E-state index contributed by atoms with van der Waals surface area (Å²) in [6.45, 7) is 8.19. The van der Waals surface area contributed by atoms with Gasteiger partial charge in [0.05, 0.1) is 17.8 Å². The smallest absolute Gasteiger partial charge is 0.155 e. The summed E-state index contributed by atoms with van der Waals surface area (Å²) in [5, 5.41) is 16.0. The van der Waals surface area contributed by atoms with E-state index >= 15 is 0 Å². The number of rotatable bonds is 8. The highest BCUT2D eigenvalue weighted by Gasteiger charge is 2.10. The van der Waals surface area contributed by atoms with Crippen LogP contribution in [0.2, 0.25) is 0 Å². The fourth-order valence-electron chi connectivity index (χ4n) is 3.77. The molecule has 0 spiro atoms. The molecule has 32 heavy (non-hydrogen) atoms. The van der Waals surface area contributed by atoms with Crippen molar-refractivity contribution in [2.45, 2.75) is 19.3 Å². The summed E-state index contributed by atoms with van der Waals surface area (Å²) < 4.78 is 5.91. The van der Waals surface area contributed by atoms with Crippen molar-refractivity contribution in [3.05, 3.63) is 72.4 Å². The topological polar surface area (TPSA) is 77.3 Å². The van der Waals surface area contributed by atoms with Crippen LogP contribution in [-0.2, 0) is 0 Å². The summed E-state index contributed by atoms with van der Waals surface area (Å²) in [5.41, 5.74) is 4.22. The Bertz CT molecular complexity index is 1100. The zero-order valence-electron chi connectivity index (χ0n) is 18.1. The quantitative estimate of drug-likeness (QED) is 0.502. The molecule has 1 aliphatic rings. The summed E-state index contributed by atoms with van der Waals surface area (Å²) in [6, 6.07) is 17.4. The van der Waals surface area contributed by atoms with Crippen molar-refractivity contribution in [1.82, 2.24) is 15.1 Å². The zero-order chi connectivity index (χ0) is 22.2. The van der Waals surface area contributed by atoms with Gasteiger partial charge in [-0.25, -0.2) is 4.99 Å². The van der Waals surface area contributed by atoms with Gasteiger partial charge in [0, 0.05) is 18.3 Å². The van der Waals surface area contributed by atoms with Gasteiger partial charge in [-0.15, -0.1) is 0 Å². The molecule has 1 aromatic heterocycles. The number of nitrogens with one attached hydrogen (secondary N) is 1. The third-order valence-corrected chi connectivity index (χ3v) is 5.64. The first-order valence-electron chi connectivity index (χ1n) is 11.0. The first-order valence-corrected chi connectivity index (χ1v) is 11.0. The summed E-state index contributed by atoms with van der Waals surface area (Å²) in [6.07, 6.45) is 7.40. The number of nitriles is 1. The van der Waals surface area contributed by atoms with Crippen LogP contribution < -0.4 is 4.74 Å². The van der Waals surface area contributed by atoms with E-state index in [2.05, 4.69) is 32.7 Å². The van der Waals surface area contributed by atoms with E-state index in [-0.39, 0.29) is 0 Å². The maximum atomic E-state index is 8.97. The van der Waals surface area contributed by atoms with Crippen LogP contribution in [0.5, 0.6) is 5.75 Å². The molecule has 0 amide bonds. The average Bonchev–Trinajstić information content (AvgIpc) is 3.32. The third-order valence-electron chi connectivity index (χ3n) is 5.64. The molecule has 1 saturated heterocycles. The number of piperidine rings is 1. The van der Waals surface area contributed by atoms with Crippen LogP contribution in [0.4, 0.5) is 5.82 Å². The molecule has 6 heteroatoms. The summed E-state index contributed by atoms with van der Waals surface area (Å²) in [7, 11) is 0. The minimum atomic E-state index is 0.620. The molecule has 2 heterocycles. The van der Waals surface area contributed by atoms with Gasteiger partial charge in [-0.3, -0.25) is 10.00 Å². The molecule has 1 aliphatic heterocycles. The summed E-state index contributed by atoms with van der Waals surface area (Å²) >= 11 is 0. The van der Waals surface area contributed by atoms with Gasteiger partial charge in [0.25, 0.3) is 0 Å². The lowest BCUT2D eigenvalue weighted by Crippen LogP contribution is -2.33. The van der Waals surface area contributed by atoms with Crippen molar-refractivity contribution in [3.8, 4) is 22.9 Å². The second kappa shape index (κ2) is 10.6. The lowest BCUT2D eigenvalue weighted by atomic mass is 10.1. The molecule has 0 saturated carbocycles. The van der Waals surface area contributed by atoms with Gasteiger partial charge < -0.3 is 4.74 Å². The van der Waals surface area contributed by atoms with E-state index in [1.807, 2.05) is 36.4 Å². The maximum Gasteiger partial charge on any atom is 0.155 e. The highest BCUT2D eigenvalue weighted by Crippen LogP contribution is 2.28. The van der Waals surface area contributed by atoms with E-state index in [1.165, 1.54) is 32.4 Å². The lowest BCUT2D eigenvalue weighted by molar-refractivity contribution is 0.183. The van der Waals surface area contributed by atoms with Crippen molar-refractivity contribution < 1.29 is 4.74 Å². The number of hydrogen-bond donors (Lipinski definition) is 1. The van der Waals surface area contributed by atoms with Crippen molar-refractivity contribution >= 4 is 17.6 Å². The predicted molar refractivity (Wildman–Crippen MR) is 128 cm³/mol. The van der Waals surface area contributed by atoms with Gasteiger partial charge in [-0.2, -0.15) is 10.4 Å². The number of aromatic amines is 1. The molecule has 0 atom stereocenters. The van der Waals surface area contributed by atoms with E-state index in [9.17, 15) is 0 Å². The summed E-state index contributed by atoms with van der Waals surface area (Å²) in [5.74, 6) is 1.51. The van der Waals surface area contributed by atoms with E-state index < -0.39 is 0 Å². The molecule has 3 aromatic rings. The lowest BCUT2D eigenvalue weighted by Gasteiger charge is -2.26. The Kier molecular flexibility index (Phi) is 7.11. The Morgan fingerprint density at radius 1 is 1.12 bits per heavy atom. The summed E-state index contributed by atoms with van der Waals surface area (Å²) in [4.78, 5) is 7.01. The van der Waals surface area contributed by atoms with Crippen molar-refractivity contribution in [1.29, 1.82) is 5.26 Å².